The number of likely N-dealkylation sites (tertiary alicyclic amines) is 1. The number of hydrogen-bond acceptors (Lipinski definition) is 4. The first kappa shape index (κ1) is 17.5. The Morgan fingerprint density at radius 2 is 1.92 bits per heavy atom. The number of hydrogen-bond donors (Lipinski definition) is 0. The van der Waals surface area contributed by atoms with Crippen LogP contribution >= 0.6 is 0 Å². The lowest BCUT2D eigenvalue weighted by Crippen LogP contribution is -2.51. The zero-order valence-corrected chi connectivity index (χ0v) is 14.9. The van der Waals surface area contributed by atoms with E-state index in [1.165, 1.54) is 11.8 Å². The van der Waals surface area contributed by atoms with Crippen molar-refractivity contribution >= 4 is 23.3 Å². The van der Waals surface area contributed by atoms with E-state index in [2.05, 4.69) is 0 Å². The van der Waals surface area contributed by atoms with Crippen LogP contribution in [0.15, 0.2) is 18.2 Å². The topological polar surface area (TPSA) is 66.9 Å². The fourth-order valence-corrected chi connectivity index (χ4v) is 3.29. The molecule has 1 saturated heterocycles. The molecule has 0 spiro atoms. The van der Waals surface area contributed by atoms with Crippen molar-refractivity contribution in [3.63, 3.8) is 0 Å². The molecular formula is C19H24N2O4. The molecule has 6 heteroatoms. The van der Waals surface area contributed by atoms with Gasteiger partial charge < -0.3 is 9.64 Å². The number of fused-ring (bicyclic) bond motifs is 1. The van der Waals surface area contributed by atoms with Gasteiger partial charge in [-0.3, -0.25) is 19.3 Å². The van der Waals surface area contributed by atoms with Crippen LogP contribution in [0.3, 0.4) is 0 Å². The zero-order valence-electron chi connectivity index (χ0n) is 14.9. The van der Waals surface area contributed by atoms with Gasteiger partial charge in [0.25, 0.3) is 5.91 Å². The number of anilines is 1. The summed E-state index contributed by atoms with van der Waals surface area (Å²) in [6, 6.07) is 5.04. The normalized spacial score (nSPS) is 19.8. The third-order valence-electron chi connectivity index (χ3n) is 4.78. The molecule has 0 radical (unpaired) electrons. The van der Waals surface area contributed by atoms with Crippen LogP contribution in [0, 0.1) is 5.92 Å². The number of rotatable bonds is 4. The maximum Gasteiger partial charge on any atom is 0.268 e. The first-order valence-electron chi connectivity index (χ1n) is 8.79. The van der Waals surface area contributed by atoms with Crippen molar-refractivity contribution in [1.82, 2.24) is 4.90 Å². The van der Waals surface area contributed by atoms with Crippen LogP contribution in [0.4, 0.5) is 5.69 Å². The third-order valence-corrected chi connectivity index (χ3v) is 4.78. The Kier molecular flexibility index (Phi) is 4.79. The maximum atomic E-state index is 12.9. The largest absolute Gasteiger partial charge is 0.478 e. The lowest BCUT2D eigenvalue weighted by molar-refractivity contribution is -0.133. The van der Waals surface area contributed by atoms with Crippen LogP contribution in [-0.4, -0.2) is 48.2 Å². The van der Waals surface area contributed by atoms with E-state index in [0.717, 1.165) is 25.9 Å². The molecule has 2 heterocycles. The van der Waals surface area contributed by atoms with E-state index in [9.17, 15) is 14.4 Å². The van der Waals surface area contributed by atoms with Crippen molar-refractivity contribution in [3.8, 4) is 5.75 Å². The molecule has 1 unspecified atom stereocenters. The van der Waals surface area contributed by atoms with Gasteiger partial charge in [0.05, 0.1) is 5.69 Å². The number of nitrogens with zero attached hydrogens (tertiary/aromatic N) is 2. The molecule has 0 N–H and O–H groups in total. The van der Waals surface area contributed by atoms with Gasteiger partial charge in [-0.1, -0.05) is 13.8 Å². The van der Waals surface area contributed by atoms with E-state index in [-0.39, 0.29) is 30.1 Å². The summed E-state index contributed by atoms with van der Waals surface area (Å²) in [5, 5.41) is 0. The van der Waals surface area contributed by atoms with E-state index >= 15 is 0 Å². The highest BCUT2D eigenvalue weighted by Gasteiger charge is 2.38. The van der Waals surface area contributed by atoms with Gasteiger partial charge in [-0.15, -0.1) is 0 Å². The van der Waals surface area contributed by atoms with Crippen molar-refractivity contribution in [2.24, 2.45) is 5.92 Å². The molecule has 1 atom stereocenters. The highest BCUT2D eigenvalue weighted by Crippen LogP contribution is 2.36. The molecule has 0 aromatic heterocycles. The minimum Gasteiger partial charge on any atom is -0.478 e. The second-order valence-corrected chi connectivity index (χ2v) is 7.03. The Bertz CT molecular complexity index is 707. The van der Waals surface area contributed by atoms with E-state index in [0.29, 0.717) is 17.0 Å². The number of amides is 2. The third kappa shape index (κ3) is 3.38. The molecule has 2 amide bonds. The second kappa shape index (κ2) is 6.86. The number of ketones is 1. The van der Waals surface area contributed by atoms with E-state index in [4.69, 9.17) is 4.74 Å². The van der Waals surface area contributed by atoms with Gasteiger partial charge in [-0.25, -0.2) is 0 Å². The van der Waals surface area contributed by atoms with Crippen LogP contribution in [0.25, 0.3) is 0 Å². The van der Waals surface area contributed by atoms with Gasteiger partial charge in [0, 0.05) is 18.7 Å². The zero-order chi connectivity index (χ0) is 18.1. The average molecular weight is 344 g/mol. The number of ether oxygens (including phenoxy) is 1. The smallest absolute Gasteiger partial charge is 0.268 e. The van der Waals surface area contributed by atoms with Gasteiger partial charge in [0.1, 0.15) is 12.3 Å². The summed E-state index contributed by atoms with van der Waals surface area (Å²) >= 11 is 0. The molecule has 1 aromatic carbocycles. The van der Waals surface area contributed by atoms with Gasteiger partial charge in [-0.05, 0) is 43.9 Å². The summed E-state index contributed by atoms with van der Waals surface area (Å²) in [4.78, 5) is 40.5. The van der Waals surface area contributed by atoms with Crippen LogP contribution in [0.1, 0.15) is 44.0 Å². The summed E-state index contributed by atoms with van der Waals surface area (Å²) in [5.41, 5.74) is 0.999. The van der Waals surface area contributed by atoms with Gasteiger partial charge in [0.2, 0.25) is 5.91 Å². The van der Waals surface area contributed by atoms with Gasteiger partial charge in [0.15, 0.2) is 11.9 Å². The summed E-state index contributed by atoms with van der Waals surface area (Å²) in [7, 11) is 0. The first-order chi connectivity index (χ1) is 11.9. The number of Topliss-reactive ketones (excluding diaryl/α,β-unsaturated/α-hetero) is 1. The molecule has 134 valence electrons. The summed E-state index contributed by atoms with van der Waals surface area (Å²) in [6.07, 6.45) is 1.38. The average Bonchev–Trinajstić information content (AvgIpc) is 3.10. The molecule has 2 aliphatic rings. The monoisotopic (exact) mass is 344 g/mol. The maximum absolute atomic E-state index is 12.9. The molecule has 0 bridgehead atoms. The molecule has 6 nitrogen and oxygen atoms in total. The Morgan fingerprint density at radius 1 is 1.24 bits per heavy atom. The molecule has 25 heavy (non-hydrogen) atoms. The fraction of sp³-hybridized carbons (Fsp3) is 0.526. The lowest BCUT2D eigenvalue weighted by Gasteiger charge is -2.36. The quantitative estimate of drug-likeness (QED) is 0.786. The van der Waals surface area contributed by atoms with Gasteiger partial charge in [-0.2, -0.15) is 0 Å². The minimum atomic E-state index is -0.623. The Morgan fingerprint density at radius 3 is 2.52 bits per heavy atom. The van der Waals surface area contributed by atoms with Crippen molar-refractivity contribution < 1.29 is 19.1 Å². The predicted molar refractivity (Wildman–Crippen MR) is 93.9 cm³/mol. The summed E-state index contributed by atoms with van der Waals surface area (Å²) in [6.45, 7) is 6.77. The van der Waals surface area contributed by atoms with Crippen molar-refractivity contribution in [2.45, 2.75) is 39.7 Å². The molecular weight excluding hydrogens is 320 g/mol. The standard InChI is InChI=1S/C19H24N2O4/c1-12(2)18-19(24)21(11-17(23)20-8-4-5-9-20)15-10-14(13(3)22)6-7-16(15)25-18/h6-7,10,12,18H,4-5,8-9,11H2,1-3H3. The second-order valence-electron chi connectivity index (χ2n) is 7.03. The molecule has 1 fully saturated rings. The molecule has 0 saturated carbocycles. The SMILES string of the molecule is CC(=O)c1ccc2c(c1)N(CC(=O)N1CCCC1)C(=O)C(C(C)C)O2. The van der Waals surface area contributed by atoms with Crippen LogP contribution in [0.2, 0.25) is 0 Å². The van der Waals surface area contributed by atoms with Crippen molar-refractivity contribution in [3.05, 3.63) is 23.8 Å². The fourth-order valence-electron chi connectivity index (χ4n) is 3.29. The highest BCUT2D eigenvalue weighted by atomic mass is 16.5. The van der Waals surface area contributed by atoms with Crippen molar-refractivity contribution in [1.29, 1.82) is 0 Å². The molecule has 3 rings (SSSR count). The summed E-state index contributed by atoms with van der Waals surface area (Å²) < 4.78 is 5.85. The molecule has 0 aliphatic carbocycles. The Hall–Kier alpha value is -2.37. The first-order valence-corrected chi connectivity index (χ1v) is 8.79. The predicted octanol–water partition coefficient (Wildman–Crippen LogP) is 2.26. The number of carbonyl (C=O) groups excluding carboxylic acids is 3. The van der Waals surface area contributed by atoms with E-state index < -0.39 is 6.10 Å². The highest BCUT2D eigenvalue weighted by molar-refractivity contribution is 6.05. The number of carbonyl (C=O) groups is 3. The van der Waals surface area contributed by atoms with Crippen LogP contribution in [0.5, 0.6) is 5.75 Å². The van der Waals surface area contributed by atoms with Crippen molar-refractivity contribution in [2.75, 3.05) is 24.5 Å². The molecule has 2 aliphatic heterocycles. The minimum absolute atomic E-state index is 0.0141. The molecule has 1 aromatic rings. The van der Waals surface area contributed by atoms with Gasteiger partial charge >= 0.3 is 0 Å². The summed E-state index contributed by atoms with van der Waals surface area (Å²) in [5.74, 6) is 0.146. The van der Waals surface area contributed by atoms with E-state index in [1.807, 2.05) is 13.8 Å². The Balaban J connectivity index is 1.95. The Labute approximate surface area is 147 Å². The number of benzene rings is 1. The van der Waals surface area contributed by atoms with Crippen LogP contribution < -0.4 is 9.64 Å². The van der Waals surface area contributed by atoms with E-state index in [1.54, 1.807) is 23.1 Å². The van der Waals surface area contributed by atoms with Crippen LogP contribution in [-0.2, 0) is 9.59 Å². The lowest BCUT2D eigenvalue weighted by atomic mass is 10.0.